The van der Waals surface area contributed by atoms with Crippen LogP contribution in [0.15, 0.2) is 204 Å². The molecule has 0 saturated heterocycles. The molecule has 20 aromatic rings. The summed E-state index contributed by atoms with van der Waals surface area (Å²) in [4.78, 5) is 0. The Morgan fingerprint density at radius 2 is 0.503 bits per heavy atom. The summed E-state index contributed by atoms with van der Waals surface area (Å²) in [6.07, 6.45) is -8.68. The molecular weight excluding hydrogens is 1830 g/mol. The van der Waals surface area contributed by atoms with E-state index in [1.165, 1.54) is 0 Å². The summed E-state index contributed by atoms with van der Waals surface area (Å²) in [7, 11) is 9.37. The quantitative estimate of drug-likeness (QED) is 0.112. The molecule has 10 heterocycles. The van der Waals surface area contributed by atoms with E-state index in [0.29, 0.717) is 129 Å². The van der Waals surface area contributed by atoms with Gasteiger partial charge in [0.05, 0.1) is 94.2 Å². The molecule has 0 unspecified atom stereocenters. The van der Waals surface area contributed by atoms with Gasteiger partial charge in [0, 0.05) is 163 Å². The maximum atomic E-state index is 9.75. The number of hydrogen-bond donors (Lipinski definition) is 0. The Morgan fingerprint density at radius 3 is 0.779 bits per heavy atom. The number of hydrogen-bond acceptors (Lipinski definition) is 10. The standard InChI is InChI=1S/4C27H29N2O.C26H27N2O/c2*1-16-9-11-21-24-20(15-28)10-8-17(2)25(24)30-26(21)23(16)22-13-19(14-27(4,5)6)12-18(3)29(22)7;2*1-16-10-20(15-28)25-21-9-8-17(2)24(26(21)30-23(25)11-16)22-13-19(14-27(4,5)6)12-18(3)29(22)7;1-15(2)9-19-12-18(5)28(6)22(13-19)24-17(4)7-8-21-25-20(14-27)10-16(3)11-23(25)29-26(21)24/h4*8-13H,14H2,1-7H3;7-8,10-13,15H,9H2,1-6H3/q5*+1/i12D,13D,14D2;14D2;12D,13D,14D2;14D2;9D2,12D,13D. The lowest BCUT2D eigenvalue weighted by Crippen LogP contribution is -2.35. The summed E-state index contributed by atoms with van der Waals surface area (Å²) >= 11 is 0. The predicted octanol–water partition coefficient (Wildman–Crippen LogP) is 31.9. The van der Waals surface area contributed by atoms with Crippen LogP contribution in [0.25, 0.3) is 166 Å². The van der Waals surface area contributed by atoms with Crippen LogP contribution in [0.2, 0.25) is 0 Å². The van der Waals surface area contributed by atoms with Gasteiger partial charge in [0.25, 0.3) is 0 Å². The molecule has 15 nitrogen and oxygen atoms in total. The van der Waals surface area contributed by atoms with Gasteiger partial charge in [0.15, 0.2) is 28.5 Å². The van der Waals surface area contributed by atoms with E-state index in [0.717, 1.165) is 160 Å². The smallest absolute Gasteiger partial charge is 0.216 e. The van der Waals surface area contributed by atoms with E-state index in [1.54, 1.807) is 117 Å². The molecular formula is C134H143N10O5+5. The lowest BCUT2D eigenvalue weighted by atomic mass is 9.87. The zero-order chi connectivity index (χ0) is 122. The highest BCUT2D eigenvalue weighted by Crippen LogP contribution is 2.48. The van der Waals surface area contributed by atoms with Crippen LogP contribution < -0.4 is 22.8 Å². The lowest BCUT2D eigenvalue weighted by molar-refractivity contribution is -0.666. The highest BCUT2D eigenvalue weighted by molar-refractivity contribution is 6.17. The Balaban J connectivity index is 0.000000144. The molecule has 754 valence electrons. The Labute approximate surface area is 901 Å². The minimum absolute atomic E-state index is 0.0143. The van der Waals surface area contributed by atoms with E-state index in [1.807, 2.05) is 272 Å². The largest absolute Gasteiger partial charge is 0.455 e. The normalized spacial score (nSPS) is 13.9. The molecule has 10 aromatic heterocycles. The van der Waals surface area contributed by atoms with Gasteiger partial charge in [-0.05, 0) is 261 Å². The average molecular weight is 1990 g/mol. The van der Waals surface area contributed by atoms with Crippen LogP contribution >= 0.6 is 0 Å². The monoisotopic (exact) mass is 1990 g/mol. The number of rotatable bonds is 11. The summed E-state index contributed by atoms with van der Waals surface area (Å²) in [5, 5.41) is 56.6. The minimum atomic E-state index is -1.91. The number of fused-ring (bicyclic) bond motifs is 15. The summed E-state index contributed by atoms with van der Waals surface area (Å²) in [5.41, 5.74) is 28.2. The second kappa shape index (κ2) is 40.9. The van der Waals surface area contributed by atoms with Crippen molar-refractivity contribution in [2.75, 3.05) is 0 Å². The van der Waals surface area contributed by atoms with Crippen LogP contribution in [-0.2, 0) is 67.1 Å². The topological polar surface area (TPSA) is 204 Å². The van der Waals surface area contributed by atoms with Crippen molar-refractivity contribution < 1.29 is 66.9 Å². The first-order valence-electron chi connectivity index (χ1n) is 58.5. The first-order chi connectivity index (χ1) is 76.6. The third kappa shape index (κ3) is 21.3. The Kier molecular flexibility index (Phi) is 23.8. The van der Waals surface area contributed by atoms with Crippen molar-refractivity contribution in [2.24, 2.45) is 62.8 Å². The van der Waals surface area contributed by atoms with Crippen molar-refractivity contribution in [2.45, 2.75) is 233 Å². The van der Waals surface area contributed by atoms with Crippen molar-refractivity contribution in [3.63, 3.8) is 0 Å². The van der Waals surface area contributed by atoms with Crippen LogP contribution in [0.1, 0.15) is 259 Å². The van der Waals surface area contributed by atoms with E-state index in [-0.39, 0.29) is 52.9 Å². The fourth-order valence-electron chi connectivity index (χ4n) is 19.9. The molecule has 0 bridgehead atoms. The first kappa shape index (κ1) is 86.5. The average Bonchev–Trinajstić information content (AvgIpc) is 1.69. The number of pyridine rings is 5. The number of nitriles is 5. The highest BCUT2D eigenvalue weighted by Gasteiger charge is 2.34. The molecule has 0 radical (unpaired) electrons. The molecule has 0 amide bonds. The van der Waals surface area contributed by atoms with Crippen LogP contribution in [0, 0.1) is 188 Å². The van der Waals surface area contributed by atoms with E-state index < -0.39 is 59.4 Å². The van der Waals surface area contributed by atoms with Gasteiger partial charge in [-0.3, -0.25) is 0 Å². The van der Waals surface area contributed by atoms with Crippen LogP contribution in [-0.4, -0.2) is 0 Å². The number of furan rings is 5. The van der Waals surface area contributed by atoms with Gasteiger partial charge in [-0.1, -0.05) is 170 Å². The van der Waals surface area contributed by atoms with Gasteiger partial charge in [0.1, 0.15) is 91.1 Å². The van der Waals surface area contributed by atoms with Gasteiger partial charge < -0.3 is 22.1 Å². The third-order valence-electron chi connectivity index (χ3n) is 27.2. The summed E-state index contributed by atoms with van der Waals surface area (Å²) in [6.45, 7) is 54.7. The van der Waals surface area contributed by atoms with Crippen molar-refractivity contribution in [3.05, 3.63) is 322 Å². The van der Waals surface area contributed by atoms with Crippen molar-refractivity contribution in [1.29, 1.82) is 26.3 Å². The van der Waals surface area contributed by atoms with Gasteiger partial charge in [0.2, 0.25) is 28.5 Å². The second-order valence-electron chi connectivity index (χ2n) is 44.4. The first-order valence-corrected chi connectivity index (χ1v) is 50.5. The van der Waals surface area contributed by atoms with E-state index >= 15 is 0 Å². The molecule has 0 saturated carbocycles. The fourth-order valence-corrected chi connectivity index (χ4v) is 19.9. The summed E-state index contributed by atoms with van der Waals surface area (Å²) in [6, 6.07) is 57.7. The minimum Gasteiger partial charge on any atom is -0.455 e. The van der Waals surface area contributed by atoms with Crippen LogP contribution in [0.4, 0.5) is 0 Å². The van der Waals surface area contributed by atoms with Crippen molar-refractivity contribution in [1.82, 2.24) is 0 Å². The third-order valence-corrected chi connectivity index (χ3v) is 27.2. The van der Waals surface area contributed by atoms with Gasteiger partial charge >= 0.3 is 0 Å². The van der Waals surface area contributed by atoms with E-state index in [4.69, 9.17) is 44.0 Å². The van der Waals surface area contributed by atoms with E-state index in [9.17, 15) is 26.3 Å². The zero-order valence-electron chi connectivity index (χ0n) is 108. The molecule has 0 aliphatic rings. The SMILES string of the molecule is [2H]C([2H])(c1cc(C)[n+](C)c(-c2c(C)ccc3c2oc2c(C)ccc(C#N)c23)c1)C(C)(C)C.[2H]C([2H])(c1cc(C)[n+](C)c(-c2c(C)ccc3c2oc2cc(C)cc(C#N)c23)c1)C(C)(C)C.[2H]c1c(C([2H])([2H])C(C)(C)C)c([2H])c(-c2c(C)ccc3c2oc2c(C)ccc(C#N)c23)[n+](C)c1C.[2H]c1c(C([2H])([2H])C(C)(C)C)c([2H])c(-c2c(C)ccc3c2oc2cc(C)cc(C#N)c23)[n+](C)c1C.[2H]c1c(C([2H])([2H])C(C)C)c([2H])c(-c2c(C)ccc3c2oc2cc(C)cc(C#N)c23)[n+](C)c1C. The molecule has 149 heavy (non-hydrogen) atoms. The number of nitrogens with zero attached hydrogens (tertiary/aromatic N) is 10. The van der Waals surface area contributed by atoms with Crippen molar-refractivity contribution >= 4 is 110 Å². The lowest BCUT2D eigenvalue weighted by Gasteiger charge is -2.18. The molecule has 0 N–H and O–H groups in total. The zero-order valence-corrected chi connectivity index (χ0v) is 92.4. The molecule has 20 rings (SSSR count). The molecule has 10 aromatic carbocycles. The number of aromatic nitrogens is 5. The Bertz CT molecular complexity index is 10100. The molecule has 15 heteroatoms. The Morgan fingerprint density at radius 1 is 0.262 bits per heavy atom. The number of benzene rings is 10. The summed E-state index contributed by atoms with van der Waals surface area (Å²) in [5.74, 6) is -0.407. The molecule has 0 aliphatic heterocycles. The summed E-state index contributed by atoms with van der Waals surface area (Å²) < 4.78 is 183. The molecule has 0 fully saturated rings. The maximum Gasteiger partial charge on any atom is 0.216 e. The van der Waals surface area contributed by atoms with Crippen LogP contribution in [0.3, 0.4) is 0 Å². The molecule has 0 aliphatic carbocycles. The van der Waals surface area contributed by atoms with Gasteiger partial charge in [-0.15, -0.1) is 0 Å². The Hall–Kier alpha value is -15.6. The highest BCUT2D eigenvalue weighted by atomic mass is 16.3. The maximum absolute atomic E-state index is 9.75. The fraction of sp³-hybridized carbons (Fsp3) is 0.328. The predicted molar refractivity (Wildman–Crippen MR) is 607 cm³/mol. The number of aryl methyl sites for hydroxylation is 12. The second-order valence-corrected chi connectivity index (χ2v) is 44.4. The van der Waals surface area contributed by atoms with Gasteiger partial charge in [-0.25, -0.2) is 0 Å². The van der Waals surface area contributed by atoms with Gasteiger partial charge in [-0.2, -0.15) is 49.1 Å². The molecule has 0 spiro atoms. The van der Waals surface area contributed by atoms with E-state index in [2.05, 4.69) is 45.5 Å². The van der Waals surface area contributed by atoms with Crippen molar-refractivity contribution in [3.8, 4) is 86.6 Å². The van der Waals surface area contributed by atoms with Crippen LogP contribution in [0.5, 0.6) is 0 Å². The molecule has 0 atom stereocenters.